The predicted octanol–water partition coefficient (Wildman–Crippen LogP) is 0.740. The van der Waals surface area contributed by atoms with Gasteiger partial charge in [-0.25, -0.2) is 0 Å². The number of piperidine rings is 2. The lowest BCUT2D eigenvalue weighted by Crippen LogP contribution is -2.39. The van der Waals surface area contributed by atoms with Crippen molar-refractivity contribution in [1.82, 2.24) is 9.80 Å². The Morgan fingerprint density at radius 1 is 0.905 bits per heavy atom. The van der Waals surface area contributed by atoms with Crippen LogP contribution in [-0.2, 0) is 14.4 Å². The Morgan fingerprint density at radius 3 is 2.05 bits per heavy atom. The van der Waals surface area contributed by atoms with Gasteiger partial charge in [0.2, 0.25) is 11.8 Å². The van der Waals surface area contributed by atoms with E-state index in [1.807, 2.05) is 4.90 Å². The van der Waals surface area contributed by atoms with Crippen molar-refractivity contribution >= 4 is 18.1 Å². The van der Waals surface area contributed by atoms with E-state index < -0.39 is 0 Å². The molecule has 6 atom stereocenters. The Balaban J connectivity index is 1.42. The molecule has 0 aromatic heterocycles. The molecule has 0 spiro atoms. The van der Waals surface area contributed by atoms with Gasteiger partial charge in [-0.15, -0.1) is 0 Å². The summed E-state index contributed by atoms with van der Waals surface area (Å²) in [4.78, 5) is 39.1. The van der Waals surface area contributed by atoms with Gasteiger partial charge in [0.1, 0.15) is 6.29 Å². The van der Waals surface area contributed by atoms with Crippen molar-refractivity contribution in [3.8, 4) is 0 Å². The van der Waals surface area contributed by atoms with Crippen molar-refractivity contribution in [2.75, 3.05) is 0 Å². The highest BCUT2D eigenvalue weighted by atomic mass is 16.2. The highest BCUT2D eigenvalue weighted by molar-refractivity contribution is 5.98. The second kappa shape index (κ2) is 4.42. The first-order chi connectivity index (χ1) is 10.1. The van der Waals surface area contributed by atoms with Crippen LogP contribution >= 0.6 is 0 Å². The van der Waals surface area contributed by atoms with Crippen LogP contribution in [0.3, 0.4) is 0 Å². The van der Waals surface area contributed by atoms with Gasteiger partial charge in [-0.05, 0) is 44.4 Å². The highest BCUT2D eigenvalue weighted by Crippen LogP contribution is 2.48. The monoisotopic (exact) mass is 288 g/mol. The maximum absolute atomic E-state index is 12.3. The molecule has 2 saturated heterocycles. The summed E-state index contributed by atoms with van der Waals surface area (Å²) < 4.78 is 0. The molecule has 112 valence electrons. The zero-order valence-corrected chi connectivity index (χ0v) is 12.1. The average molecular weight is 288 g/mol. The number of rotatable bonds is 3. The smallest absolute Gasteiger partial charge is 0.247 e. The Morgan fingerprint density at radius 2 is 1.48 bits per heavy atom. The van der Waals surface area contributed by atoms with Crippen molar-refractivity contribution < 1.29 is 14.4 Å². The molecule has 0 aromatic rings. The third-order valence-electron chi connectivity index (χ3n) is 5.54. The third-order valence-corrected chi connectivity index (χ3v) is 5.54. The van der Waals surface area contributed by atoms with E-state index in [4.69, 9.17) is 0 Å². The lowest BCUT2D eigenvalue weighted by molar-refractivity contribution is -0.132. The van der Waals surface area contributed by atoms with Gasteiger partial charge >= 0.3 is 0 Å². The van der Waals surface area contributed by atoms with Crippen LogP contribution in [0.1, 0.15) is 32.6 Å². The van der Waals surface area contributed by atoms with E-state index in [1.54, 1.807) is 4.90 Å². The van der Waals surface area contributed by atoms with Crippen molar-refractivity contribution in [2.24, 2.45) is 11.8 Å². The second-order valence-corrected chi connectivity index (χ2v) is 6.97. The van der Waals surface area contributed by atoms with Gasteiger partial charge in [0.25, 0.3) is 0 Å². The fourth-order valence-corrected chi connectivity index (χ4v) is 4.34. The van der Waals surface area contributed by atoms with Crippen molar-refractivity contribution in [3.63, 3.8) is 0 Å². The lowest BCUT2D eigenvalue weighted by atomic mass is 10.2. The molecule has 4 aliphatic rings. The molecule has 2 heterocycles. The van der Waals surface area contributed by atoms with E-state index >= 15 is 0 Å². The molecule has 0 aromatic carbocycles. The maximum atomic E-state index is 12.3. The van der Waals surface area contributed by atoms with Crippen LogP contribution in [-0.4, -0.2) is 52.1 Å². The summed E-state index contributed by atoms with van der Waals surface area (Å²) in [5, 5.41) is 0. The van der Waals surface area contributed by atoms with E-state index in [0.717, 1.165) is 32.0 Å². The zero-order valence-electron chi connectivity index (χ0n) is 12.1. The molecule has 4 rings (SSSR count). The number of carbonyl (C=O) groups excluding carboxylic acids is 3. The summed E-state index contributed by atoms with van der Waals surface area (Å²) in [7, 11) is 0. The number of aldehydes is 1. The molecule has 2 saturated carbocycles. The van der Waals surface area contributed by atoms with E-state index in [2.05, 4.69) is 6.92 Å². The third kappa shape index (κ3) is 2.01. The molecule has 4 fully saturated rings. The van der Waals surface area contributed by atoms with E-state index in [9.17, 15) is 14.4 Å². The van der Waals surface area contributed by atoms with Gasteiger partial charge in [-0.1, -0.05) is 0 Å². The minimum Gasteiger partial charge on any atom is -0.333 e. The molecule has 0 radical (unpaired) electrons. The normalized spacial score (nSPS) is 42.9. The van der Waals surface area contributed by atoms with E-state index in [-0.39, 0.29) is 29.9 Å². The molecule has 5 nitrogen and oxygen atoms in total. The van der Waals surface area contributed by atoms with Crippen LogP contribution in [0.4, 0.5) is 0 Å². The molecule has 5 heteroatoms. The van der Waals surface area contributed by atoms with E-state index in [0.29, 0.717) is 17.9 Å². The zero-order chi connectivity index (χ0) is 14.7. The van der Waals surface area contributed by atoms with Gasteiger partial charge in [-0.3, -0.25) is 9.59 Å². The van der Waals surface area contributed by atoms with Crippen LogP contribution in [0.5, 0.6) is 0 Å². The van der Waals surface area contributed by atoms with Gasteiger partial charge in [-0.2, -0.15) is 0 Å². The quantitative estimate of drug-likeness (QED) is 0.568. The molecule has 2 aliphatic heterocycles. The van der Waals surface area contributed by atoms with Gasteiger partial charge in [0.05, 0.1) is 6.04 Å². The summed E-state index contributed by atoms with van der Waals surface area (Å²) in [6.07, 6.45) is 7.61. The molecule has 1 unspecified atom stereocenters. The van der Waals surface area contributed by atoms with Crippen LogP contribution in [0.25, 0.3) is 0 Å². The summed E-state index contributed by atoms with van der Waals surface area (Å²) in [5.74, 6) is 0.928. The first-order valence-corrected chi connectivity index (χ1v) is 7.88. The molecule has 21 heavy (non-hydrogen) atoms. The lowest BCUT2D eigenvalue weighted by Gasteiger charge is -2.24. The minimum absolute atomic E-state index is 0.0601. The summed E-state index contributed by atoms with van der Waals surface area (Å²) >= 11 is 0. The number of nitrogens with zero attached hydrogens (tertiary/aromatic N) is 2. The largest absolute Gasteiger partial charge is 0.333 e. The standard InChI is InChI=1S/C16H20N2O3/c1-9-4-10-6-13(10)17(9)15(20)2-3-16(21)18-12(8-19)5-11-7-14(11)18/h2-3,8-14H,4-7H2,1H3/b3-2+/t9-,10-,11-,12+,13?,14+/m1/s1. The summed E-state index contributed by atoms with van der Waals surface area (Å²) in [6.45, 7) is 2.07. The molecule has 2 aliphatic carbocycles. The second-order valence-electron chi connectivity index (χ2n) is 6.97. The first kappa shape index (κ1) is 13.0. The van der Waals surface area contributed by atoms with Crippen LogP contribution < -0.4 is 0 Å². The minimum atomic E-state index is -0.292. The molecule has 2 amide bonds. The molecule has 0 N–H and O–H groups in total. The van der Waals surface area contributed by atoms with Gasteiger partial charge in [0, 0.05) is 30.3 Å². The van der Waals surface area contributed by atoms with Gasteiger partial charge in [0.15, 0.2) is 0 Å². The van der Waals surface area contributed by atoms with Crippen molar-refractivity contribution in [2.45, 2.75) is 56.8 Å². The van der Waals surface area contributed by atoms with E-state index in [1.165, 1.54) is 12.2 Å². The molecular formula is C16H20N2O3. The SMILES string of the molecule is C[C@@H]1C[C@@H]2CC2N1C(=O)/C=C/C(=O)N1[C@H](C=O)C[C@@H]2C[C@@H]21. The number of hydrogen-bond acceptors (Lipinski definition) is 3. The Labute approximate surface area is 124 Å². The highest BCUT2D eigenvalue weighted by Gasteiger charge is 2.54. The van der Waals surface area contributed by atoms with Crippen LogP contribution in [0.15, 0.2) is 12.2 Å². The van der Waals surface area contributed by atoms with Crippen LogP contribution in [0, 0.1) is 11.8 Å². The number of hydrogen-bond donors (Lipinski definition) is 0. The fourth-order valence-electron chi connectivity index (χ4n) is 4.34. The van der Waals surface area contributed by atoms with Crippen molar-refractivity contribution in [3.05, 3.63) is 12.2 Å². The average Bonchev–Trinajstić information content (AvgIpc) is 3.33. The molecule has 0 bridgehead atoms. The Hall–Kier alpha value is -1.65. The number of carbonyl (C=O) groups is 3. The molecular weight excluding hydrogens is 268 g/mol. The first-order valence-electron chi connectivity index (χ1n) is 7.88. The van der Waals surface area contributed by atoms with Crippen molar-refractivity contribution in [1.29, 1.82) is 0 Å². The van der Waals surface area contributed by atoms with Crippen LogP contribution in [0.2, 0.25) is 0 Å². The maximum Gasteiger partial charge on any atom is 0.247 e. The summed E-state index contributed by atoms with van der Waals surface area (Å²) in [5.41, 5.74) is 0. The fraction of sp³-hybridized carbons (Fsp3) is 0.688. The predicted molar refractivity (Wildman–Crippen MR) is 75.2 cm³/mol. The number of amides is 2. The Kier molecular flexibility index (Phi) is 2.75. The van der Waals surface area contributed by atoms with Gasteiger partial charge < -0.3 is 14.6 Å². The summed E-state index contributed by atoms with van der Waals surface area (Å²) in [6, 6.07) is 0.614. The Bertz CT molecular complexity index is 542. The number of likely N-dealkylation sites (tertiary alicyclic amines) is 2. The number of fused-ring (bicyclic) bond motifs is 2. The topological polar surface area (TPSA) is 57.7 Å².